The molecule has 0 atom stereocenters. The number of anilines is 2. The Labute approximate surface area is 116 Å². The van der Waals surface area contributed by atoms with Crippen molar-refractivity contribution in [2.75, 3.05) is 18.2 Å². The molecule has 7 heteroatoms. The maximum absolute atomic E-state index is 11.2. The first kappa shape index (κ1) is 13.6. The highest BCUT2D eigenvalue weighted by Crippen LogP contribution is 2.15. The number of amides is 1. The van der Waals surface area contributed by atoms with Crippen LogP contribution in [-0.2, 0) is 6.54 Å². The summed E-state index contributed by atoms with van der Waals surface area (Å²) in [6.07, 6.45) is 3.05. The van der Waals surface area contributed by atoms with Crippen LogP contribution in [-0.4, -0.2) is 23.0 Å². The highest BCUT2D eigenvalue weighted by molar-refractivity contribution is 5.98. The quantitative estimate of drug-likeness (QED) is 0.741. The van der Waals surface area contributed by atoms with Crippen molar-refractivity contribution in [2.45, 2.75) is 6.54 Å². The lowest BCUT2D eigenvalue weighted by molar-refractivity contribution is 0.100. The number of ether oxygens (including phenoxy) is 1. The van der Waals surface area contributed by atoms with Crippen molar-refractivity contribution in [2.24, 2.45) is 5.73 Å². The van der Waals surface area contributed by atoms with Crippen molar-refractivity contribution in [1.29, 1.82) is 0 Å². The molecule has 20 heavy (non-hydrogen) atoms. The third-order valence-electron chi connectivity index (χ3n) is 2.68. The normalized spacial score (nSPS) is 10.1. The lowest BCUT2D eigenvalue weighted by Crippen LogP contribution is -2.14. The van der Waals surface area contributed by atoms with Gasteiger partial charge in [-0.3, -0.25) is 4.79 Å². The van der Waals surface area contributed by atoms with Crippen LogP contribution >= 0.6 is 0 Å². The van der Waals surface area contributed by atoms with Crippen molar-refractivity contribution < 1.29 is 9.53 Å². The molecule has 0 unspecified atom stereocenters. The minimum absolute atomic E-state index is 0.245. The van der Waals surface area contributed by atoms with E-state index in [-0.39, 0.29) is 11.3 Å². The summed E-state index contributed by atoms with van der Waals surface area (Å²) >= 11 is 0. The molecule has 0 spiro atoms. The number of nitrogens with two attached hydrogens (primary N) is 2. The fraction of sp³-hybridized carbons (Fsp3) is 0.154. The standard InChI is InChI=1S/C13H15N5O2/c1-20-12-4-8(2-3-16-12)6-17-11-5-9(13(15)19)10(14)7-18-11/h2-5,7H,6,14H2,1H3,(H2,15,19)(H,17,18). The molecule has 0 bridgehead atoms. The van der Waals surface area contributed by atoms with Crippen molar-refractivity contribution >= 4 is 17.4 Å². The number of rotatable bonds is 5. The largest absolute Gasteiger partial charge is 0.481 e. The molecule has 2 aromatic rings. The van der Waals surface area contributed by atoms with Gasteiger partial charge in [0, 0.05) is 18.8 Å². The fourth-order valence-electron chi connectivity index (χ4n) is 1.64. The fourth-order valence-corrected chi connectivity index (χ4v) is 1.64. The summed E-state index contributed by atoms with van der Waals surface area (Å²) in [7, 11) is 1.56. The number of primary amides is 1. The van der Waals surface area contributed by atoms with Crippen LogP contribution in [0.2, 0.25) is 0 Å². The van der Waals surface area contributed by atoms with Gasteiger partial charge >= 0.3 is 0 Å². The van der Waals surface area contributed by atoms with Gasteiger partial charge in [-0.05, 0) is 17.7 Å². The van der Waals surface area contributed by atoms with Gasteiger partial charge in [0.1, 0.15) is 5.82 Å². The molecule has 0 aromatic carbocycles. The second-order valence-electron chi connectivity index (χ2n) is 4.08. The van der Waals surface area contributed by atoms with E-state index in [2.05, 4.69) is 15.3 Å². The van der Waals surface area contributed by atoms with Gasteiger partial charge in [-0.1, -0.05) is 0 Å². The molecule has 0 aliphatic rings. The average molecular weight is 273 g/mol. The van der Waals surface area contributed by atoms with Crippen LogP contribution in [0.25, 0.3) is 0 Å². The number of aromatic nitrogens is 2. The number of carbonyl (C=O) groups is 1. The first-order chi connectivity index (χ1) is 9.60. The number of nitrogens with one attached hydrogen (secondary N) is 1. The van der Waals surface area contributed by atoms with Gasteiger partial charge in [-0.25, -0.2) is 9.97 Å². The van der Waals surface area contributed by atoms with E-state index in [9.17, 15) is 4.79 Å². The van der Waals surface area contributed by atoms with Gasteiger partial charge in [0.15, 0.2) is 0 Å². The van der Waals surface area contributed by atoms with E-state index >= 15 is 0 Å². The van der Waals surface area contributed by atoms with Gasteiger partial charge in [0.2, 0.25) is 5.88 Å². The number of carbonyl (C=O) groups excluding carboxylic acids is 1. The molecule has 0 fully saturated rings. The number of hydrogen-bond acceptors (Lipinski definition) is 6. The first-order valence-corrected chi connectivity index (χ1v) is 5.88. The lowest BCUT2D eigenvalue weighted by atomic mass is 10.2. The maximum atomic E-state index is 11.2. The van der Waals surface area contributed by atoms with Gasteiger partial charge < -0.3 is 21.5 Å². The molecule has 0 aliphatic carbocycles. The van der Waals surface area contributed by atoms with Crippen LogP contribution in [0.1, 0.15) is 15.9 Å². The molecule has 2 rings (SSSR count). The summed E-state index contributed by atoms with van der Waals surface area (Å²) in [5, 5.41) is 3.08. The van der Waals surface area contributed by atoms with Crippen molar-refractivity contribution in [3.8, 4) is 5.88 Å². The van der Waals surface area contributed by atoms with Gasteiger partial charge in [-0.15, -0.1) is 0 Å². The Morgan fingerprint density at radius 3 is 2.90 bits per heavy atom. The molecular formula is C13H15N5O2. The zero-order valence-corrected chi connectivity index (χ0v) is 11.0. The zero-order valence-electron chi connectivity index (χ0n) is 11.0. The Hall–Kier alpha value is -2.83. The number of hydrogen-bond donors (Lipinski definition) is 3. The van der Waals surface area contributed by atoms with E-state index in [1.54, 1.807) is 19.4 Å². The van der Waals surface area contributed by atoms with E-state index < -0.39 is 5.91 Å². The molecule has 2 heterocycles. The summed E-state index contributed by atoms with van der Waals surface area (Å²) in [6.45, 7) is 0.508. The van der Waals surface area contributed by atoms with Crippen LogP contribution in [0.3, 0.4) is 0 Å². The smallest absolute Gasteiger partial charge is 0.250 e. The van der Waals surface area contributed by atoms with E-state index in [4.69, 9.17) is 16.2 Å². The van der Waals surface area contributed by atoms with Crippen LogP contribution in [0, 0.1) is 0 Å². The third kappa shape index (κ3) is 3.14. The van der Waals surface area contributed by atoms with E-state index in [1.807, 2.05) is 6.07 Å². The molecule has 0 saturated carbocycles. The monoisotopic (exact) mass is 273 g/mol. The van der Waals surface area contributed by atoms with E-state index in [1.165, 1.54) is 12.3 Å². The van der Waals surface area contributed by atoms with Gasteiger partial charge in [0.05, 0.1) is 24.6 Å². The second kappa shape index (κ2) is 5.87. The van der Waals surface area contributed by atoms with E-state index in [0.717, 1.165) is 5.56 Å². The molecule has 5 N–H and O–H groups in total. The Balaban J connectivity index is 2.10. The minimum Gasteiger partial charge on any atom is -0.481 e. The molecule has 0 radical (unpaired) electrons. The Kier molecular flexibility index (Phi) is 3.99. The molecular weight excluding hydrogens is 258 g/mol. The predicted octanol–water partition coefficient (Wildman–Crippen LogP) is 0.778. The Morgan fingerprint density at radius 2 is 2.20 bits per heavy atom. The molecule has 0 saturated heterocycles. The lowest BCUT2D eigenvalue weighted by Gasteiger charge is -2.08. The summed E-state index contributed by atoms with van der Waals surface area (Å²) in [4.78, 5) is 19.3. The summed E-state index contributed by atoms with van der Waals surface area (Å²) in [5.41, 5.74) is 12.3. The molecule has 1 amide bonds. The first-order valence-electron chi connectivity index (χ1n) is 5.88. The predicted molar refractivity (Wildman–Crippen MR) is 75.3 cm³/mol. The average Bonchev–Trinajstić information content (AvgIpc) is 2.46. The SMILES string of the molecule is COc1cc(CNc2cc(C(N)=O)c(N)cn2)ccn1. The molecule has 2 aromatic heterocycles. The Bertz CT molecular complexity index is 630. The summed E-state index contributed by atoms with van der Waals surface area (Å²) < 4.78 is 5.04. The zero-order chi connectivity index (χ0) is 14.5. The minimum atomic E-state index is -0.585. The van der Waals surface area contributed by atoms with Gasteiger partial charge in [0.25, 0.3) is 5.91 Å². The topological polar surface area (TPSA) is 116 Å². The second-order valence-corrected chi connectivity index (χ2v) is 4.08. The number of methoxy groups -OCH3 is 1. The van der Waals surface area contributed by atoms with Crippen LogP contribution in [0.4, 0.5) is 11.5 Å². The molecule has 7 nitrogen and oxygen atoms in total. The number of nitrogens with zero attached hydrogens (tertiary/aromatic N) is 2. The highest BCUT2D eigenvalue weighted by atomic mass is 16.5. The van der Waals surface area contributed by atoms with Gasteiger partial charge in [-0.2, -0.15) is 0 Å². The highest BCUT2D eigenvalue weighted by Gasteiger charge is 2.07. The third-order valence-corrected chi connectivity index (χ3v) is 2.68. The van der Waals surface area contributed by atoms with Crippen LogP contribution in [0.5, 0.6) is 5.88 Å². The van der Waals surface area contributed by atoms with E-state index in [0.29, 0.717) is 18.2 Å². The molecule has 104 valence electrons. The van der Waals surface area contributed by atoms with Crippen molar-refractivity contribution in [3.63, 3.8) is 0 Å². The van der Waals surface area contributed by atoms with Crippen LogP contribution in [0.15, 0.2) is 30.6 Å². The van der Waals surface area contributed by atoms with Crippen LogP contribution < -0.4 is 21.5 Å². The summed E-state index contributed by atoms with van der Waals surface area (Å²) in [5.74, 6) is 0.467. The number of pyridine rings is 2. The van der Waals surface area contributed by atoms with Crippen molar-refractivity contribution in [1.82, 2.24) is 9.97 Å². The summed E-state index contributed by atoms with van der Waals surface area (Å²) in [6, 6.07) is 5.18. The van der Waals surface area contributed by atoms with Crippen molar-refractivity contribution in [3.05, 3.63) is 41.7 Å². The Morgan fingerprint density at radius 1 is 1.40 bits per heavy atom. The maximum Gasteiger partial charge on any atom is 0.250 e. The number of nitrogen functional groups attached to an aromatic ring is 1. The molecule has 0 aliphatic heterocycles.